The first-order valence-corrected chi connectivity index (χ1v) is 9.72. The summed E-state index contributed by atoms with van der Waals surface area (Å²) in [5.41, 5.74) is 4.80. The van der Waals surface area contributed by atoms with Crippen molar-refractivity contribution in [2.24, 2.45) is 0 Å². The van der Waals surface area contributed by atoms with E-state index in [4.69, 9.17) is 0 Å². The Balaban J connectivity index is 1.76. The number of pyridine rings is 1. The minimum atomic E-state index is -3.66. The minimum Gasteiger partial charge on any atom is -0.354 e. The predicted octanol–water partition coefficient (Wildman–Crippen LogP) is 4.55. The zero-order chi connectivity index (χ0) is 18.7. The molecular formula is C20H21N3O2S. The summed E-state index contributed by atoms with van der Waals surface area (Å²) in [6.07, 6.45) is 1.61. The summed E-state index contributed by atoms with van der Waals surface area (Å²) in [5.74, 6) is 0.277. The zero-order valence-corrected chi connectivity index (χ0v) is 15.8. The summed E-state index contributed by atoms with van der Waals surface area (Å²) in [6.45, 7) is 5.85. The normalized spacial score (nSPS) is 11.2. The highest BCUT2D eigenvalue weighted by molar-refractivity contribution is 7.92. The highest BCUT2D eigenvalue weighted by Crippen LogP contribution is 2.23. The topological polar surface area (TPSA) is 71.1 Å². The maximum absolute atomic E-state index is 12.5. The molecule has 134 valence electrons. The molecule has 5 nitrogen and oxygen atoms in total. The summed E-state index contributed by atoms with van der Waals surface area (Å²) in [4.78, 5) is 4.46. The lowest BCUT2D eigenvalue weighted by Gasteiger charge is -2.12. The van der Waals surface area contributed by atoms with Gasteiger partial charge in [-0.1, -0.05) is 35.9 Å². The second-order valence-corrected chi connectivity index (χ2v) is 7.90. The molecule has 0 unspecified atom stereocenters. The number of benzene rings is 2. The van der Waals surface area contributed by atoms with Crippen LogP contribution in [0, 0.1) is 20.8 Å². The molecule has 0 radical (unpaired) electrons. The fourth-order valence-corrected chi connectivity index (χ4v) is 3.94. The minimum absolute atomic E-state index is 0.249. The summed E-state index contributed by atoms with van der Waals surface area (Å²) < 4.78 is 27.5. The van der Waals surface area contributed by atoms with E-state index in [0.717, 1.165) is 16.9 Å². The molecule has 26 heavy (non-hydrogen) atoms. The van der Waals surface area contributed by atoms with E-state index in [0.29, 0.717) is 5.56 Å². The van der Waals surface area contributed by atoms with Gasteiger partial charge in [-0.05, 0) is 56.2 Å². The van der Waals surface area contributed by atoms with Crippen LogP contribution in [0.5, 0.6) is 0 Å². The van der Waals surface area contributed by atoms with Gasteiger partial charge in [-0.2, -0.15) is 0 Å². The van der Waals surface area contributed by atoms with Gasteiger partial charge in [0.2, 0.25) is 0 Å². The molecule has 0 saturated heterocycles. The second-order valence-electron chi connectivity index (χ2n) is 6.25. The van der Waals surface area contributed by atoms with E-state index in [1.807, 2.05) is 26.0 Å². The Bertz CT molecular complexity index is 1030. The summed E-state index contributed by atoms with van der Waals surface area (Å²) in [6, 6.07) is 16.4. The maximum atomic E-state index is 12.5. The Morgan fingerprint density at radius 1 is 0.885 bits per heavy atom. The monoisotopic (exact) mass is 367 g/mol. The van der Waals surface area contributed by atoms with E-state index in [1.54, 1.807) is 49.5 Å². The first-order chi connectivity index (χ1) is 12.3. The highest BCUT2D eigenvalue weighted by atomic mass is 32.2. The van der Waals surface area contributed by atoms with E-state index in [9.17, 15) is 8.42 Å². The lowest BCUT2D eigenvalue weighted by molar-refractivity contribution is 0.600. The van der Waals surface area contributed by atoms with Gasteiger partial charge in [-0.3, -0.25) is 4.72 Å². The lowest BCUT2D eigenvalue weighted by atomic mass is 10.1. The zero-order valence-electron chi connectivity index (χ0n) is 14.9. The molecule has 2 aromatic carbocycles. The average molecular weight is 367 g/mol. The molecule has 3 aromatic rings. The van der Waals surface area contributed by atoms with Crippen LogP contribution in [0.2, 0.25) is 0 Å². The van der Waals surface area contributed by atoms with Crippen LogP contribution in [0.1, 0.15) is 16.7 Å². The van der Waals surface area contributed by atoms with E-state index in [1.165, 1.54) is 5.56 Å². The van der Waals surface area contributed by atoms with Crippen LogP contribution in [0.4, 0.5) is 17.2 Å². The third kappa shape index (κ3) is 4.03. The molecule has 1 aromatic heterocycles. The number of aryl methyl sites for hydroxylation is 3. The summed E-state index contributed by atoms with van der Waals surface area (Å²) >= 11 is 0. The third-order valence-electron chi connectivity index (χ3n) is 4.05. The van der Waals surface area contributed by atoms with Crippen LogP contribution in [0.15, 0.2) is 65.7 Å². The molecule has 0 spiro atoms. The Labute approximate surface area is 154 Å². The van der Waals surface area contributed by atoms with Gasteiger partial charge < -0.3 is 5.32 Å². The van der Waals surface area contributed by atoms with Crippen molar-refractivity contribution >= 4 is 27.2 Å². The van der Waals surface area contributed by atoms with Crippen LogP contribution in [0.25, 0.3) is 0 Å². The van der Waals surface area contributed by atoms with Gasteiger partial charge in [-0.15, -0.1) is 0 Å². The first-order valence-electron chi connectivity index (χ1n) is 8.24. The van der Waals surface area contributed by atoms with E-state index in [2.05, 4.69) is 21.1 Å². The SMILES string of the molecule is Cc1ccc(Nc2ccc(NS(=O)(=O)c3ccccc3C)nc2)c(C)c1. The average Bonchev–Trinajstić information content (AvgIpc) is 2.59. The van der Waals surface area contributed by atoms with Gasteiger partial charge >= 0.3 is 0 Å². The smallest absolute Gasteiger partial charge is 0.263 e. The largest absolute Gasteiger partial charge is 0.354 e. The molecule has 0 atom stereocenters. The highest BCUT2D eigenvalue weighted by Gasteiger charge is 2.16. The number of anilines is 3. The molecule has 0 bridgehead atoms. The number of nitrogens with one attached hydrogen (secondary N) is 2. The molecule has 6 heteroatoms. The molecule has 2 N–H and O–H groups in total. The predicted molar refractivity (Wildman–Crippen MR) is 105 cm³/mol. The molecule has 0 aliphatic rings. The van der Waals surface area contributed by atoms with Crippen molar-refractivity contribution in [3.05, 3.63) is 77.5 Å². The molecule has 0 saturated carbocycles. The van der Waals surface area contributed by atoms with Gasteiger partial charge in [0.05, 0.1) is 16.8 Å². The van der Waals surface area contributed by atoms with E-state index >= 15 is 0 Å². The molecule has 0 aliphatic carbocycles. The van der Waals surface area contributed by atoms with E-state index < -0.39 is 10.0 Å². The Hall–Kier alpha value is -2.86. The fourth-order valence-electron chi connectivity index (χ4n) is 2.69. The quantitative estimate of drug-likeness (QED) is 0.694. The van der Waals surface area contributed by atoms with Crippen molar-refractivity contribution in [2.45, 2.75) is 25.7 Å². The fraction of sp³-hybridized carbons (Fsp3) is 0.150. The van der Waals surface area contributed by atoms with Crippen LogP contribution >= 0.6 is 0 Å². The van der Waals surface area contributed by atoms with E-state index in [-0.39, 0.29) is 10.7 Å². The first kappa shape index (κ1) is 17.9. The molecule has 3 rings (SSSR count). The van der Waals surface area contributed by atoms with Crippen LogP contribution in [0.3, 0.4) is 0 Å². The number of nitrogens with zero attached hydrogens (tertiary/aromatic N) is 1. The maximum Gasteiger partial charge on any atom is 0.263 e. The number of hydrogen-bond acceptors (Lipinski definition) is 4. The molecule has 1 heterocycles. The number of hydrogen-bond donors (Lipinski definition) is 2. The van der Waals surface area contributed by atoms with Crippen molar-refractivity contribution in [3.63, 3.8) is 0 Å². The van der Waals surface area contributed by atoms with Crippen molar-refractivity contribution in [3.8, 4) is 0 Å². The Morgan fingerprint density at radius 2 is 1.65 bits per heavy atom. The van der Waals surface area contributed by atoms with Crippen molar-refractivity contribution < 1.29 is 8.42 Å². The van der Waals surface area contributed by atoms with Crippen molar-refractivity contribution in [2.75, 3.05) is 10.0 Å². The van der Waals surface area contributed by atoms with Gasteiger partial charge in [0.15, 0.2) is 0 Å². The molecule has 0 aliphatic heterocycles. The molecule has 0 amide bonds. The van der Waals surface area contributed by atoms with Gasteiger partial charge in [0.25, 0.3) is 10.0 Å². The van der Waals surface area contributed by atoms with Gasteiger partial charge in [0.1, 0.15) is 5.82 Å². The number of sulfonamides is 1. The Morgan fingerprint density at radius 3 is 2.31 bits per heavy atom. The standard InChI is InChI=1S/C20H21N3O2S/c1-14-8-10-18(16(3)12-14)22-17-9-11-20(21-13-17)23-26(24,25)19-7-5-4-6-15(19)2/h4-13,22H,1-3H3,(H,21,23). The van der Waals surface area contributed by atoms with Gasteiger partial charge in [0, 0.05) is 5.69 Å². The lowest BCUT2D eigenvalue weighted by Crippen LogP contribution is -2.15. The summed E-state index contributed by atoms with van der Waals surface area (Å²) in [7, 11) is -3.66. The summed E-state index contributed by atoms with van der Waals surface area (Å²) in [5, 5.41) is 3.29. The Kier molecular flexibility index (Phi) is 4.95. The van der Waals surface area contributed by atoms with Gasteiger partial charge in [-0.25, -0.2) is 13.4 Å². The van der Waals surface area contributed by atoms with Crippen LogP contribution in [-0.2, 0) is 10.0 Å². The second kappa shape index (κ2) is 7.17. The number of aromatic nitrogens is 1. The van der Waals surface area contributed by atoms with Crippen molar-refractivity contribution in [1.82, 2.24) is 4.98 Å². The third-order valence-corrected chi connectivity index (χ3v) is 5.56. The van der Waals surface area contributed by atoms with Crippen LogP contribution in [-0.4, -0.2) is 13.4 Å². The van der Waals surface area contributed by atoms with Crippen LogP contribution < -0.4 is 10.0 Å². The molecule has 0 fully saturated rings. The number of rotatable bonds is 5. The molecular weight excluding hydrogens is 346 g/mol. The van der Waals surface area contributed by atoms with Crippen molar-refractivity contribution in [1.29, 1.82) is 0 Å².